The average molecular weight is 533 g/mol. The number of hydrogen-bond donors (Lipinski definition) is 1. The van der Waals surface area contributed by atoms with Crippen LogP contribution < -0.4 is 9.47 Å². The number of halogens is 2. The summed E-state index contributed by atoms with van der Waals surface area (Å²) in [7, 11) is 0. The number of rotatable bonds is 4. The van der Waals surface area contributed by atoms with Crippen molar-refractivity contribution in [2.24, 2.45) is 0 Å². The van der Waals surface area contributed by atoms with E-state index < -0.39 is 40.6 Å². The van der Waals surface area contributed by atoms with E-state index in [2.05, 4.69) is 0 Å². The molecule has 0 saturated heterocycles. The smallest absolute Gasteiger partial charge is 0.343 e. The number of hydrogen-bond acceptors (Lipinski definition) is 7. The summed E-state index contributed by atoms with van der Waals surface area (Å²) in [5.74, 6) is -4.66. The predicted octanol–water partition coefficient (Wildman–Crippen LogP) is 5.91. The van der Waals surface area contributed by atoms with Crippen molar-refractivity contribution < 1.29 is 33.8 Å². The minimum atomic E-state index is -0.878. The number of phenolic OH excluding ortho intramolecular Hbond substituents is 1. The van der Waals surface area contributed by atoms with Gasteiger partial charge >= 0.3 is 11.9 Å². The number of carbonyl (C=O) groups excluding carboxylic acids is 4. The van der Waals surface area contributed by atoms with E-state index in [0.29, 0.717) is 10.0 Å². The molecule has 0 atom stereocenters. The molecule has 4 aromatic rings. The molecule has 1 N–H and O–H groups in total. The molecule has 0 unspecified atom stereocenters. The molecule has 0 spiro atoms. The Hall–Kier alpha value is -4.46. The van der Waals surface area contributed by atoms with Crippen LogP contribution >= 0.6 is 23.2 Å². The maximum Gasteiger partial charge on any atom is 0.343 e. The van der Waals surface area contributed by atoms with Crippen LogP contribution in [0.2, 0.25) is 10.0 Å². The summed E-state index contributed by atoms with van der Waals surface area (Å²) >= 11 is 11.7. The highest BCUT2D eigenvalue weighted by Crippen LogP contribution is 2.44. The van der Waals surface area contributed by atoms with Gasteiger partial charge in [0.05, 0.1) is 22.3 Å². The Morgan fingerprint density at radius 3 is 1.54 bits per heavy atom. The monoisotopic (exact) mass is 532 g/mol. The number of phenols is 1. The van der Waals surface area contributed by atoms with Crippen molar-refractivity contribution in [2.75, 3.05) is 0 Å². The second kappa shape index (κ2) is 9.54. The van der Waals surface area contributed by atoms with Crippen LogP contribution in [0, 0.1) is 0 Å². The van der Waals surface area contributed by atoms with Gasteiger partial charge in [-0.3, -0.25) is 9.59 Å². The van der Waals surface area contributed by atoms with Crippen LogP contribution in [0.4, 0.5) is 0 Å². The van der Waals surface area contributed by atoms with Crippen LogP contribution in [0.15, 0.2) is 78.9 Å². The topological polar surface area (TPSA) is 107 Å². The SMILES string of the molecule is O=C(Oc1cc(OC(=O)c2ccc(Cl)cc2)c2c(c1O)C(=O)c1ccccc1C2=O)c1ccc(Cl)cc1. The molecule has 37 heavy (non-hydrogen) atoms. The fourth-order valence-electron chi connectivity index (χ4n) is 3.87. The highest BCUT2D eigenvalue weighted by atomic mass is 35.5. The largest absolute Gasteiger partial charge is 0.504 e. The van der Waals surface area contributed by atoms with Crippen molar-refractivity contribution >= 4 is 46.7 Å². The molecule has 0 radical (unpaired) electrons. The van der Waals surface area contributed by atoms with Gasteiger partial charge in [0.1, 0.15) is 5.75 Å². The van der Waals surface area contributed by atoms with Gasteiger partial charge in [-0.25, -0.2) is 9.59 Å². The van der Waals surface area contributed by atoms with Crippen LogP contribution in [0.25, 0.3) is 0 Å². The zero-order chi connectivity index (χ0) is 26.3. The molecule has 0 heterocycles. The summed E-state index contributed by atoms with van der Waals surface area (Å²) in [6.45, 7) is 0. The summed E-state index contributed by atoms with van der Waals surface area (Å²) in [5, 5.41) is 11.8. The lowest BCUT2D eigenvalue weighted by Crippen LogP contribution is -2.23. The minimum absolute atomic E-state index is 0.0476. The number of ether oxygens (including phenoxy) is 2. The Balaban J connectivity index is 1.63. The van der Waals surface area contributed by atoms with Crippen LogP contribution in [0.1, 0.15) is 52.6 Å². The highest BCUT2D eigenvalue weighted by molar-refractivity contribution is 6.31. The maximum atomic E-state index is 13.4. The van der Waals surface area contributed by atoms with E-state index in [-0.39, 0.29) is 33.6 Å². The first-order valence-electron chi connectivity index (χ1n) is 10.8. The Morgan fingerprint density at radius 2 is 1.05 bits per heavy atom. The second-order valence-electron chi connectivity index (χ2n) is 7.97. The fraction of sp³-hybridized carbons (Fsp3) is 0. The quantitative estimate of drug-likeness (QED) is 0.226. The molecule has 1 aliphatic rings. The second-order valence-corrected chi connectivity index (χ2v) is 8.84. The third kappa shape index (κ3) is 4.46. The molecule has 5 rings (SSSR count). The van der Waals surface area contributed by atoms with Gasteiger partial charge in [0.25, 0.3) is 0 Å². The van der Waals surface area contributed by atoms with Crippen molar-refractivity contribution in [2.45, 2.75) is 0 Å². The third-order valence-electron chi connectivity index (χ3n) is 5.66. The number of ketones is 2. The summed E-state index contributed by atoms with van der Waals surface area (Å²) in [4.78, 5) is 52.3. The van der Waals surface area contributed by atoms with Crippen LogP contribution in [0.3, 0.4) is 0 Å². The van der Waals surface area contributed by atoms with Crippen LogP contribution in [0.5, 0.6) is 17.2 Å². The molecule has 0 fully saturated rings. The molecule has 1 aliphatic carbocycles. The summed E-state index contributed by atoms with van der Waals surface area (Å²) < 4.78 is 10.8. The van der Waals surface area contributed by atoms with Crippen molar-refractivity contribution in [3.8, 4) is 17.2 Å². The van der Waals surface area contributed by atoms with Gasteiger partial charge in [0.2, 0.25) is 0 Å². The van der Waals surface area contributed by atoms with Crippen molar-refractivity contribution in [1.29, 1.82) is 0 Å². The Kier molecular flexibility index (Phi) is 6.25. The lowest BCUT2D eigenvalue weighted by atomic mass is 9.83. The molecule has 0 aliphatic heterocycles. The Labute approximate surface area is 219 Å². The van der Waals surface area contributed by atoms with Crippen LogP contribution in [-0.4, -0.2) is 28.6 Å². The number of esters is 2. The first kappa shape index (κ1) is 24.2. The molecule has 182 valence electrons. The normalized spacial score (nSPS) is 11.9. The molecular weight excluding hydrogens is 519 g/mol. The lowest BCUT2D eigenvalue weighted by molar-refractivity contribution is 0.0725. The predicted molar refractivity (Wildman–Crippen MR) is 134 cm³/mol. The first-order chi connectivity index (χ1) is 17.7. The molecule has 7 nitrogen and oxygen atoms in total. The summed E-state index contributed by atoms with van der Waals surface area (Å²) in [5.41, 5.74) is -0.422. The molecule has 0 saturated carbocycles. The van der Waals surface area contributed by atoms with E-state index in [0.717, 1.165) is 6.07 Å². The lowest BCUT2D eigenvalue weighted by Gasteiger charge is -2.22. The molecular formula is C28H14Cl2O7. The van der Waals surface area contributed by atoms with E-state index in [1.807, 2.05) is 0 Å². The van der Waals surface area contributed by atoms with Gasteiger partial charge in [-0.05, 0) is 48.5 Å². The van der Waals surface area contributed by atoms with Crippen molar-refractivity contribution in [1.82, 2.24) is 0 Å². The van der Waals surface area contributed by atoms with Gasteiger partial charge in [0.15, 0.2) is 23.1 Å². The van der Waals surface area contributed by atoms with Crippen molar-refractivity contribution in [3.63, 3.8) is 0 Å². The average Bonchev–Trinajstić information content (AvgIpc) is 2.89. The zero-order valence-electron chi connectivity index (χ0n) is 18.7. The molecule has 4 aromatic carbocycles. The van der Waals surface area contributed by atoms with E-state index >= 15 is 0 Å². The van der Waals surface area contributed by atoms with Gasteiger partial charge in [-0.15, -0.1) is 0 Å². The standard InChI is InChI=1S/C28H14Cl2O7/c29-16-9-5-14(6-10-16)27(34)36-20-13-21(37-28(35)15-7-11-17(30)12-8-15)26(33)23-22(20)24(31)18-3-1-2-4-19(18)25(23)32/h1-13,33H. The Bertz CT molecular complexity index is 1610. The molecule has 0 amide bonds. The number of benzene rings is 4. The van der Waals surface area contributed by atoms with E-state index in [9.17, 15) is 24.3 Å². The zero-order valence-corrected chi connectivity index (χ0v) is 20.2. The first-order valence-corrected chi connectivity index (χ1v) is 11.5. The maximum absolute atomic E-state index is 13.4. The number of fused-ring (bicyclic) bond motifs is 2. The fourth-order valence-corrected chi connectivity index (χ4v) is 4.12. The Morgan fingerprint density at radius 1 is 0.622 bits per heavy atom. The van der Waals surface area contributed by atoms with E-state index in [4.69, 9.17) is 32.7 Å². The van der Waals surface area contributed by atoms with Crippen LogP contribution in [-0.2, 0) is 0 Å². The molecule has 0 aromatic heterocycles. The molecule has 0 bridgehead atoms. The minimum Gasteiger partial charge on any atom is -0.504 e. The van der Waals surface area contributed by atoms with Crippen molar-refractivity contribution in [3.05, 3.63) is 122 Å². The number of carbonyl (C=O) groups is 4. The van der Waals surface area contributed by atoms with Gasteiger partial charge < -0.3 is 14.6 Å². The van der Waals surface area contributed by atoms with Gasteiger partial charge in [0, 0.05) is 27.2 Å². The summed E-state index contributed by atoms with van der Waals surface area (Å²) in [6.07, 6.45) is 0. The highest BCUT2D eigenvalue weighted by Gasteiger charge is 2.37. The van der Waals surface area contributed by atoms with Gasteiger partial charge in [-0.2, -0.15) is 0 Å². The van der Waals surface area contributed by atoms with Gasteiger partial charge in [-0.1, -0.05) is 47.5 Å². The van der Waals surface area contributed by atoms with E-state index in [1.54, 1.807) is 12.1 Å². The van der Waals surface area contributed by atoms with E-state index in [1.165, 1.54) is 60.7 Å². The summed E-state index contributed by atoms with van der Waals surface area (Å²) in [6, 6.07) is 18.6. The third-order valence-corrected chi connectivity index (χ3v) is 6.17. The molecule has 9 heteroatoms. The number of aromatic hydroxyl groups is 1.